The standard InChI is InChI=1S/C9H19NO/c1-6(2)9-5-8(11)4-7(3)10-9/h6-11H,4-5H2,1-3H3/t7-,8+,9-/m0/s1. The molecule has 1 heterocycles. The van der Waals surface area contributed by atoms with Gasteiger partial charge in [-0.3, -0.25) is 0 Å². The molecule has 0 aromatic carbocycles. The Morgan fingerprint density at radius 3 is 2.45 bits per heavy atom. The van der Waals surface area contributed by atoms with Crippen LogP contribution in [0.3, 0.4) is 0 Å². The van der Waals surface area contributed by atoms with Gasteiger partial charge in [0.25, 0.3) is 0 Å². The molecular formula is C9H19NO. The van der Waals surface area contributed by atoms with Gasteiger partial charge in [0.1, 0.15) is 0 Å². The molecule has 3 atom stereocenters. The van der Waals surface area contributed by atoms with E-state index in [1.54, 1.807) is 0 Å². The van der Waals surface area contributed by atoms with Crippen LogP contribution in [0.2, 0.25) is 0 Å². The molecule has 0 aromatic heterocycles. The van der Waals surface area contributed by atoms with Gasteiger partial charge in [0.05, 0.1) is 6.10 Å². The highest BCUT2D eigenvalue weighted by molar-refractivity contribution is 4.84. The molecule has 0 aromatic rings. The summed E-state index contributed by atoms with van der Waals surface area (Å²) in [5.41, 5.74) is 0. The predicted octanol–water partition coefficient (Wildman–Crippen LogP) is 1.14. The second-order valence-electron chi connectivity index (χ2n) is 4.04. The molecule has 1 rings (SSSR count). The summed E-state index contributed by atoms with van der Waals surface area (Å²) in [6.45, 7) is 6.53. The van der Waals surface area contributed by atoms with E-state index in [4.69, 9.17) is 0 Å². The van der Waals surface area contributed by atoms with Gasteiger partial charge in [0.2, 0.25) is 0 Å². The van der Waals surface area contributed by atoms with Crippen LogP contribution in [0, 0.1) is 5.92 Å². The number of piperidine rings is 1. The lowest BCUT2D eigenvalue weighted by atomic mass is 9.90. The average Bonchev–Trinajstić information content (AvgIpc) is 1.85. The van der Waals surface area contributed by atoms with Crippen LogP contribution >= 0.6 is 0 Å². The fraction of sp³-hybridized carbons (Fsp3) is 1.00. The number of nitrogens with one attached hydrogen (secondary N) is 1. The first kappa shape index (κ1) is 9.01. The van der Waals surface area contributed by atoms with Crippen molar-refractivity contribution in [3.8, 4) is 0 Å². The van der Waals surface area contributed by atoms with Gasteiger partial charge in [-0.2, -0.15) is 0 Å². The van der Waals surface area contributed by atoms with E-state index < -0.39 is 0 Å². The van der Waals surface area contributed by atoms with Gasteiger partial charge >= 0.3 is 0 Å². The zero-order valence-corrected chi connectivity index (χ0v) is 7.67. The SMILES string of the molecule is CC(C)[C@@H]1C[C@H](O)C[C@H](C)N1. The first-order valence-electron chi connectivity index (χ1n) is 4.53. The summed E-state index contributed by atoms with van der Waals surface area (Å²) in [6.07, 6.45) is 1.74. The third-order valence-electron chi connectivity index (χ3n) is 2.45. The Kier molecular flexibility index (Phi) is 2.90. The maximum atomic E-state index is 9.46. The first-order valence-corrected chi connectivity index (χ1v) is 4.53. The summed E-state index contributed by atoms with van der Waals surface area (Å²) in [5.74, 6) is 0.632. The zero-order chi connectivity index (χ0) is 8.43. The second-order valence-corrected chi connectivity index (χ2v) is 4.04. The fourth-order valence-electron chi connectivity index (χ4n) is 1.76. The number of aliphatic hydroxyl groups excluding tert-OH is 1. The molecule has 0 bridgehead atoms. The number of hydrogen-bond donors (Lipinski definition) is 2. The van der Waals surface area contributed by atoms with E-state index in [9.17, 15) is 5.11 Å². The summed E-state index contributed by atoms with van der Waals surface area (Å²) >= 11 is 0. The van der Waals surface area contributed by atoms with Crippen molar-refractivity contribution in [2.75, 3.05) is 0 Å². The van der Waals surface area contributed by atoms with Crippen LogP contribution in [0.25, 0.3) is 0 Å². The Morgan fingerprint density at radius 2 is 2.00 bits per heavy atom. The summed E-state index contributed by atoms with van der Waals surface area (Å²) in [4.78, 5) is 0. The Labute approximate surface area is 69.0 Å². The monoisotopic (exact) mass is 157 g/mol. The number of aliphatic hydroxyl groups is 1. The van der Waals surface area contributed by atoms with Crippen LogP contribution in [0.1, 0.15) is 33.6 Å². The number of hydrogen-bond acceptors (Lipinski definition) is 2. The van der Waals surface area contributed by atoms with Crippen LogP contribution in [0.5, 0.6) is 0 Å². The molecule has 0 amide bonds. The Bertz CT molecular complexity index is 115. The lowest BCUT2D eigenvalue weighted by Crippen LogP contribution is -2.48. The van der Waals surface area contributed by atoms with Crippen molar-refractivity contribution in [1.29, 1.82) is 0 Å². The van der Waals surface area contributed by atoms with E-state index in [1.165, 1.54) is 0 Å². The average molecular weight is 157 g/mol. The minimum absolute atomic E-state index is 0.0846. The Morgan fingerprint density at radius 1 is 1.36 bits per heavy atom. The first-order chi connectivity index (χ1) is 5.09. The Hall–Kier alpha value is -0.0800. The fourth-order valence-corrected chi connectivity index (χ4v) is 1.76. The summed E-state index contributed by atoms with van der Waals surface area (Å²) in [6, 6.07) is 0.986. The zero-order valence-electron chi connectivity index (χ0n) is 7.67. The van der Waals surface area contributed by atoms with Crippen molar-refractivity contribution in [3.63, 3.8) is 0 Å². The molecule has 66 valence electrons. The molecule has 2 heteroatoms. The molecule has 2 N–H and O–H groups in total. The van der Waals surface area contributed by atoms with Gasteiger partial charge in [-0.05, 0) is 25.7 Å². The van der Waals surface area contributed by atoms with Crippen molar-refractivity contribution < 1.29 is 5.11 Å². The summed E-state index contributed by atoms with van der Waals surface area (Å²) < 4.78 is 0. The largest absolute Gasteiger partial charge is 0.393 e. The van der Waals surface area contributed by atoms with Crippen molar-refractivity contribution in [2.45, 2.75) is 51.8 Å². The molecule has 0 spiro atoms. The minimum Gasteiger partial charge on any atom is -0.393 e. The maximum Gasteiger partial charge on any atom is 0.0569 e. The number of rotatable bonds is 1. The highest BCUT2D eigenvalue weighted by Crippen LogP contribution is 2.18. The third-order valence-corrected chi connectivity index (χ3v) is 2.45. The molecule has 0 unspecified atom stereocenters. The van der Waals surface area contributed by atoms with Crippen LogP contribution in [-0.4, -0.2) is 23.3 Å². The predicted molar refractivity (Wildman–Crippen MR) is 46.5 cm³/mol. The van der Waals surface area contributed by atoms with E-state index in [0.717, 1.165) is 12.8 Å². The van der Waals surface area contributed by atoms with Gasteiger partial charge in [0.15, 0.2) is 0 Å². The molecule has 1 saturated heterocycles. The van der Waals surface area contributed by atoms with Crippen LogP contribution in [-0.2, 0) is 0 Å². The molecule has 0 saturated carbocycles. The van der Waals surface area contributed by atoms with Crippen molar-refractivity contribution in [1.82, 2.24) is 5.32 Å². The van der Waals surface area contributed by atoms with Crippen molar-refractivity contribution in [3.05, 3.63) is 0 Å². The van der Waals surface area contributed by atoms with E-state index in [-0.39, 0.29) is 6.10 Å². The quantitative estimate of drug-likeness (QED) is 0.598. The van der Waals surface area contributed by atoms with E-state index >= 15 is 0 Å². The highest BCUT2D eigenvalue weighted by atomic mass is 16.3. The van der Waals surface area contributed by atoms with Crippen LogP contribution in [0.15, 0.2) is 0 Å². The van der Waals surface area contributed by atoms with Gasteiger partial charge < -0.3 is 10.4 Å². The normalized spacial score (nSPS) is 39.5. The van der Waals surface area contributed by atoms with E-state index in [0.29, 0.717) is 18.0 Å². The third kappa shape index (κ3) is 2.46. The highest BCUT2D eigenvalue weighted by Gasteiger charge is 2.25. The summed E-state index contributed by atoms with van der Waals surface area (Å²) in [5, 5.41) is 12.9. The molecule has 1 aliphatic rings. The van der Waals surface area contributed by atoms with Crippen LogP contribution < -0.4 is 5.32 Å². The topological polar surface area (TPSA) is 32.3 Å². The molecular weight excluding hydrogens is 138 g/mol. The Balaban J connectivity index is 2.43. The molecule has 1 aliphatic heterocycles. The molecule has 0 aliphatic carbocycles. The molecule has 11 heavy (non-hydrogen) atoms. The molecule has 2 nitrogen and oxygen atoms in total. The molecule has 1 fully saturated rings. The van der Waals surface area contributed by atoms with Crippen molar-refractivity contribution in [2.24, 2.45) is 5.92 Å². The maximum absolute atomic E-state index is 9.46. The lowest BCUT2D eigenvalue weighted by molar-refractivity contribution is 0.0856. The van der Waals surface area contributed by atoms with Crippen LogP contribution in [0.4, 0.5) is 0 Å². The van der Waals surface area contributed by atoms with Crippen molar-refractivity contribution >= 4 is 0 Å². The lowest BCUT2D eigenvalue weighted by Gasteiger charge is -2.34. The van der Waals surface area contributed by atoms with Gasteiger partial charge in [-0.1, -0.05) is 13.8 Å². The van der Waals surface area contributed by atoms with Gasteiger partial charge in [0, 0.05) is 12.1 Å². The minimum atomic E-state index is -0.0846. The van der Waals surface area contributed by atoms with Gasteiger partial charge in [-0.25, -0.2) is 0 Å². The smallest absolute Gasteiger partial charge is 0.0569 e. The molecule has 0 radical (unpaired) electrons. The second kappa shape index (κ2) is 3.55. The van der Waals surface area contributed by atoms with E-state index in [2.05, 4.69) is 26.1 Å². The van der Waals surface area contributed by atoms with Gasteiger partial charge in [-0.15, -0.1) is 0 Å². The van der Waals surface area contributed by atoms with E-state index in [1.807, 2.05) is 0 Å². The summed E-state index contributed by atoms with van der Waals surface area (Å²) in [7, 11) is 0.